The van der Waals surface area contributed by atoms with Crippen LogP contribution < -0.4 is 0 Å². The average molecular weight is 442 g/mol. The van der Waals surface area contributed by atoms with Crippen LogP contribution >= 0.6 is 22.6 Å². The van der Waals surface area contributed by atoms with Gasteiger partial charge in [0.25, 0.3) is 0 Å². The fourth-order valence-corrected chi connectivity index (χ4v) is 3.79. The first kappa shape index (κ1) is 16.6. The number of sulfone groups is 1. The molecule has 2 aromatic rings. The fraction of sp³-hybridized carbons (Fsp3) is 0.167. The van der Waals surface area contributed by atoms with Gasteiger partial charge in [-0.3, -0.25) is 4.55 Å². The molecule has 2 rings (SSSR count). The Morgan fingerprint density at radius 3 is 2.29 bits per heavy atom. The van der Waals surface area contributed by atoms with Gasteiger partial charge in [0.05, 0.1) is 17.3 Å². The van der Waals surface area contributed by atoms with Crippen molar-refractivity contribution in [2.45, 2.75) is 4.90 Å². The van der Waals surface area contributed by atoms with Crippen LogP contribution in [0, 0.1) is 3.57 Å². The summed E-state index contributed by atoms with van der Waals surface area (Å²) in [5, 5.41) is 1.68. The monoisotopic (exact) mass is 442 g/mol. The summed E-state index contributed by atoms with van der Waals surface area (Å²) in [6.45, 7) is -0.633. The van der Waals surface area contributed by atoms with Crippen molar-refractivity contribution < 1.29 is 25.6 Å². The van der Waals surface area contributed by atoms with Crippen LogP contribution in [0.2, 0.25) is 0 Å². The molecular formula is C12H11IO6S2. The van der Waals surface area contributed by atoms with Crippen molar-refractivity contribution in [2.24, 2.45) is 0 Å². The number of hydrogen-bond acceptors (Lipinski definition) is 5. The Balaban J connectivity index is 2.26. The summed E-state index contributed by atoms with van der Waals surface area (Å²) >= 11 is 2.16. The fourth-order valence-electron chi connectivity index (χ4n) is 1.76. The number of rotatable bonds is 5. The van der Waals surface area contributed by atoms with Gasteiger partial charge in [-0.15, -0.1) is 0 Å². The van der Waals surface area contributed by atoms with Crippen molar-refractivity contribution in [3.8, 4) is 0 Å². The van der Waals surface area contributed by atoms with Gasteiger partial charge in [-0.1, -0.05) is 12.1 Å². The maximum absolute atomic E-state index is 12.1. The van der Waals surface area contributed by atoms with Gasteiger partial charge in [0.2, 0.25) is 0 Å². The van der Waals surface area contributed by atoms with E-state index in [1.54, 1.807) is 6.07 Å². The number of benzene rings is 2. The average Bonchev–Trinajstić information content (AvgIpc) is 2.36. The number of fused-ring (bicyclic) bond motifs is 1. The molecule has 0 aliphatic heterocycles. The second kappa shape index (κ2) is 6.16. The van der Waals surface area contributed by atoms with E-state index >= 15 is 0 Å². The zero-order valence-corrected chi connectivity index (χ0v) is 14.4. The Bertz CT molecular complexity index is 874. The van der Waals surface area contributed by atoms with Crippen LogP contribution in [-0.2, 0) is 24.4 Å². The molecule has 0 atom stereocenters. The minimum Gasteiger partial charge on any atom is -0.264 e. The van der Waals surface area contributed by atoms with Gasteiger partial charge in [-0.2, -0.15) is 8.42 Å². The molecule has 0 amide bonds. The van der Waals surface area contributed by atoms with E-state index in [0.29, 0.717) is 0 Å². The quantitative estimate of drug-likeness (QED) is 0.563. The molecule has 0 spiro atoms. The topological polar surface area (TPSA) is 97.7 Å². The van der Waals surface area contributed by atoms with Crippen molar-refractivity contribution in [3.63, 3.8) is 0 Å². The highest BCUT2D eigenvalue weighted by atomic mass is 127. The van der Waals surface area contributed by atoms with Gasteiger partial charge < -0.3 is 0 Å². The Hall–Kier alpha value is -0.750. The van der Waals surface area contributed by atoms with Gasteiger partial charge in [-0.25, -0.2) is 12.6 Å². The summed E-state index contributed by atoms with van der Waals surface area (Å²) in [5.74, 6) is -0.539. The molecule has 0 aromatic heterocycles. The third kappa shape index (κ3) is 4.61. The summed E-state index contributed by atoms with van der Waals surface area (Å²) in [6, 6.07) is 10.3. The van der Waals surface area contributed by atoms with E-state index in [0.717, 1.165) is 14.3 Å². The standard InChI is InChI=1S/C12H11IO6S2/c13-11-3-1-10-8-12(4-2-9(10)7-11)20(14,15)6-5-19-21(16,17)18/h1-4,7-8H,5-6H2,(H,16,17,18). The van der Waals surface area contributed by atoms with Gasteiger partial charge in [0.1, 0.15) is 0 Å². The molecule has 21 heavy (non-hydrogen) atoms. The van der Waals surface area contributed by atoms with Crippen molar-refractivity contribution >= 4 is 53.6 Å². The summed E-state index contributed by atoms with van der Waals surface area (Å²) < 4.78 is 58.4. The van der Waals surface area contributed by atoms with Crippen LogP contribution in [0.4, 0.5) is 0 Å². The van der Waals surface area contributed by atoms with Gasteiger partial charge in [-0.05, 0) is 57.6 Å². The number of hydrogen-bond donors (Lipinski definition) is 1. The molecule has 0 aliphatic carbocycles. The van der Waals surface area contributed by atoms with Crippen LogP contribution in [0.25, 0.3) is 10.8 Å². The maximum atomic E-state index is 12.1. The molecule has 0 saturated heterocycles. The lowest BCUT2D eigenvalue weighted by atomic mass is 10.1. The van der Waals surface area contributed by atoms with Crippen LogP contribution in [0.15, 0.2) is 41.3 Å². The van der Waals surface area contributed by atoms with Gasteiger partial charge >= 0.3 is 10.4 Å². The predicted octanol–water partition coefficient (Wildman–Crippen LogP) is 2.04. The smallest absolute Gasteiger partial charge is 0.264 e. The summed E-state index contributed by atoms with van der Waals surface area (Å²) in [6.07, 6.45) is 0. The van der Waals surface area contributed by atoms with Crippen LogP contribution in [0.1, 0.15) is 0 Å². The Morgan fingerprint density at radius 1 is 1.00 bits per heavy atom. The first-order chi connectivity index (χ1) is 9.67. The molecule has 0 saturated carbocycles. The SMILES string of the molecule is O=S(=O)(O)OCCS(=O)(=O)c1ccc2cc(I)ccc2c1. The molecule has 0 radical (unpaired) electrons. The van der Waals surface area contributed by atoms with Crippen molar-refractivity contribution in [2.75, 3.05) is 12.4 Å². The lowest BCUT2D eigenvalue weighted by molar-refractivity contribution is 0.284. The van der Waals surface area contributed by atoms with Gasteiger partial charge in [0.15, 0.2) is 9.84 Å². The minimum absolute atomic E-state index is 0.0788. The molecule has 6 nitrogen and oxygen atoms in total. The zero-order valence-electron chi connectivity index (χ0n) is 10.6. The van der Waals surface area contributed by atoms with E-state index in [-0.39, 0.29) is 4.90 Å². The van der Waals surface area contributed by atoms with Crippen LogP contribution in [0.5, 0.6) is 0 Å². The molecule has 2 aromatic carbocycles. The highest BCUT2D eigenvalue weighted by Crippen LogP contribution is 2.22. The highest BCUT2D eigenvalue weighted by molar-refractivity contribution is 14.1. The maximum Gasteiger partial charge on any atom is 0.397 e. The molecular weight excluding hydrogens is 431 g/mol. The minimum atomic E-state index is -4.63. The lowest BCUT2D eigenvalue weighted by Gasteiger charge is -2.06. The highest BCUT2D eigenvalue weighted by Gasteiger charge is 2.16. The summed E-state index contributed by atoms with van der Waals surface area (Å²) in [5.41, 5.74) is 0. The van der Waals surface area contributed by atoms with E-state index < -0.39 is 32.6 Å². The first-order valence-electron chi connectivity index (χ1n) is 5.71. The van der Waals surface area contributed by atoms with Crippen LogP contribution in [0.3, 0.4) is 0 Å². The Morgan fingerprint density at radius 2 is 1.62 bits per heavy atom. The largest absolute Gasteiger partial charge is 0.397 e. The van der Waals surface area contributed by atoms with E-state index in [2.05, 4.69) is 26.8 Å². The van der Waals surface area contributed by atoms with E-state index in [1.165, 1.54) is 12.1 Å². The second-order valence-corrected chi connectivity index (χ2v) is 8.67. The van der Waals surface area contributed by atoms with Crippen LogP contribution in [-0.4, -0.2) is 33.7 Å². The molecule has 0 fully saturated rings. The second-order valence-electron chi connectivity index (χ2n) is 4.22. The third-order valence-electron chi connectivity index (χ3n) is 2.72. The molecule has 0 heterocycles. The molecule has 0 unspecified atom stereocenters. The molecule has 0 aliphatic rings. The third-order valence-corrected chi connectivity index (χ3v) is 5.53. The molecule has 114 valence electrons. The molecule has 9 heteroatoms. The van der Waals surface area contributed by atoms with Gasteiger partial charge in [0, 0.05) is 3.57 Å². The van der Waals surface area contributed by atoms with E-state index in [1.807, 2.05) is 18.2 Å². The molecule has 1 N–H and O–H groups in total. The van der Waals surface area contributed by atoms with Crippen molar-refractivity contribution in [3.05, 3.63) is 40.0 Å². The molecule has 0 bridgehead atoms. The van der Waals surface area contributed by atoms with Crippen molar-refractivity contribution in [1.82, 2.24) is 0 Å². The Labute approximate surface area is 136 Å². The zero-order chi connectivity index (χ0) is 15.7. The summed E-state index contributed by atoms with van der Waals surface area (Å²) in [7, 11) is -8.32. The van der Waals surface area contributed by atoms with E-state index in [9.17, 15) is 16.8 Å². The number of halogens is 1. The summed E-state index contributed by atoms with van der Waals surface area (Å²) in [4.78, 5) is 0.0788. The predicted molar refractivity (Wildman–Crippen MR) is 86.2 cm³/mol. The van der Waals surface area contributed by atoms with E-state index in [4.69, 9.17) is 4.55 Å². The lowest BCUT2D eigenvalue weighted by Crippen LogP contribution is -2.15. The Kier molecular flexibility index (Phi) is 4.88. The first-order valence-corrected chi connectivity index (χ1v) is 9.81. The normalized spacial score (nSPS) is 12.7. The van der Waals surface area contributed by atoms with Crippen molar-refractivity contribution in [1.29, 1.82) is 0 Å².